The van der Waals surface area contributed by atoms with Gasteiger partial charge < -0.3 is 9.67 Å². The number of allylic oxidation sites excluding steroid dienone is 6. The number of pyridine rings is 1. The van der Waals surface area contributed by atoms with Crippen molar-refractivity contribution >= 4 is 46.0 Å². The minimum atomic E-state index is -4.56. The molecule has 1 atom stereocenters. The number of nitrogens with zero attached hydrogens (tertiary/aromatic N) is 4. The zero-order chi connectivity index (χ0) is 31.1. The molecular weight excluding hydrogens is 610 g/mol. The summed E-state index contributed by atoms with van der Waals surface area (Å²) in [4.78, 5) is 7.37. The van der Waals surface area contributed by atoms with E-state index in [4.69, 9.17) is 23.2 Å². The van der Waals surface area contributed by atoms with E-state index in [1.165, 1.54) is 30.8 Å². The number of aromatic nitrogens is 3. The Kier molecular flexibility index (Phi) is 7.96. The third-order valence-corrected chi connectivity index (χ3v) is 8.55. The largest absolute Gasteiger partial charge is 0.416 e. The van der Waals surface area contributed by atoms with Crippen molar-refractivity contribution in [2.24, 2.45) is 12.1 Å². The summed E-state index contributed by atoms with van der Waals surface area (Å²) in [6, 6.07) is 13.2. The van der Waals surface area contributed by atoms with E-state index in [1.807, 2.05) is 35.5 Å². The summed E-state index contributed by atoms with van der Waals surface area (Å²) in [5, 5.41) is 20.1. The van der Waals surface area contributed by atoms with E-state index in [-0.39, 0.29) is 5.57 Å². The lowest BCUT2D eigenvalue weighted by Gasteiger charge is -2.31. The second-order valence-corrected chi connectivity index (χ2v) is 11.4. The van der Waals surface area contributed by atoms with E-state index in [0.29, 0.717) is 44.3 Å². The Morgan fingerprint density at radius 3 is 2.39 bits per heavy atom. The van der Waals surface area contributed by atoms with Gasteiger partial charge in [0.2, 0.25) is 5.52 Å². The summed E-state index contributed by atoms with van der Waals surface area (Å²) < 4.78 is 42.4. The maximum atomic E-state index is 13.6. The fourth-order valence-corrected chi connectivity index (χ4v) is 6.08. The van der Waals surface area contributed by atoms with Gasteiger partial charge in [-0.1, -0.05) is 54.1 Å². The molecule has 6 rings (SSSR count). The van der Waals surface area contributed by atoms with Gasteiger partial charge >= 0.3 is 6.18 Å². The SMILES string of the molecule is Cn1cncc1C(O)(C1=CC=C(C(F)(F)F)C=CC=C1)c1ccc2[nH+]c(Cl)c(Cc3ccc(N4CCC=N4)cc3)c(Cl)c2c1. The van der Waals surface area contributed by atoms with Crippen LogP contribution in [0.2, 0.25) is 10.2 Å². The summed E-state index contributed by atoms with van der Waals surface area (Å²) in [6.45, 7) is 0.841. The summed E-state index contributed by atoms with van der Waals surface area (Å²) in [6.07, 6.45) is 9.24. The van der Waals surface area contributed by atoms with Crippen LogP contribution in [0.5, 0.6) is 0 Å². The van der Waals surface area contributed by atoms with E-state index in [9.17, 15) is 18.3 Å². The molecule has 0 amide bonds. The van der Waals surface area contributed by atoms with Gasteiger partial charge in [0.15, 0.2) is 5.60 Å². The lowest BCUT2D eigenvalue weighted by molar-refractivity contribution is -0.342. The summed E-state index contributed by atoms with van der Waals surface area (Å²) in [5.74, 6) is 0. The number of aromatic amines is 1. The first kappa shape index (κ1) is 29.9. The molecule has 6 nitrogen and oxygen atoms in total. The highest BCUT2D eigenvalue weighted by atomic mass is 35.5. The van der Waals surface area contributed by atoms with Crippen LogP contribution < -0.4 is 9.99 Å². The molecule has 0 saturated heterocycles. The number of hydrogen-bond acceptors (Lipinski definition) is 4. The first-order valence-electron chi connectivity index (χ1n) is 13.8. The first-order chi connectivity index (χ1) is 21.1. The van der Waals surface area contributed by atoms with Gasteiger partial charge in [0, 0.05) is 38.7 Å². The molecule has 0 radical (unpaired) electrons. The van der Waals surface area contributed by atoms with E-state index >= 15 is 0 Å². The van der Waals surface area contributed by atoms with Crippen LogP contribution in [0.1, 0.15) is 28.8 Å². The Morgan fingerprint density at radius 1 is 1.00 bits per heavy atom. The highest BCUT2D eigenvalue weighted by molar-refractivity contribution is 6.38. The quantitative estimate of drug-likeness (QED) is 0.227. The van der Waals surface area contributed by atoms with Gasteiger partial charge in [-0.3, -0.25) is 5.01 Å². The van der Waals surface area contributed by atoms with Crippen LogP contribution in [-0.4, -0.2) is 33.6 Å². The van der Waals surface area contributed by atoms with Gasteiger partial charge in [-0.05, 0) is 58.6 Å². The van der Waals surface area contributed by atoms with E-state index in [0.717, 1.165) is 36.4 Å². The van der Waals surface area contributed by atoms with Crippen LogP contribution in [0, 0.1) is 0 Å². The smallest absolute Gasteiger partial charge is 0.374 e. The molecular formula is C33H27Cl2F3N5O+. The number of fused-ring (bicyclic) bond motifs is 1. The molecule has 0 fully saturated rings. The van der Waals surface area contributed by atoms with Gasteiger partial charge in [-0.2, -0.15) is 23.3 Å². The lowest BCUT2D eigenvalue weighted by Crippen LogP contribution is -2.32. The standard InChI is InChI=1S/C33H26Cl2F3N5O/c1-42-20-39-19-29(42)32(44,22-5-2-3-6-23(10-9-22)33(36,37)38)24-11-14-28-26(18-24)30(34)27(31(35)41-28)17-21-7-12-25(13-8-21)43-16-4-15-40-43/h2-3,5-15,18-20,44H,4,16-17H2,1H3/p+1. The Morgan fingerprint density at radius 2 is 1.73 bits per heavy atom. The average molecular weight is 638 g/mol. The molecule has 2 aromatic carbocycles. The van der Waals surface area contributed by atoms with Gasteiger partial charge in [0.05, 0.1) is 45.5 Å². The molecule has 2 aliphatic rings. The number of imidazole rings is 1. The number of H-pyrrole nitrogens is 1. The second kappa shape index (κ2) is 11.7. The molecule has 1 aliphatic carbocycles. The van der Waals surface area contributed by atoms with Crippen molar-refractivity contribution in [3.8, 4) is 0 Å². The number of halogens is 5. The maximum Gasteiger partial charge on any atom is 0.416 e. The number of nitrogens with one attached hydrogen (secondary N) is 1. The van der Waals surface area contributed by atoms with Crippen LogP contribution >= 0.6 is 23.2 Å². The molecule has 4 aromatic rings. The normalized spacial score (nSPS) is 16.6. The zero-order valence-electron chi connectivity index (χ0n) is 23.5. The number of hydrazone groups is 1. The van der Waals surface area contributed by atoms with Crippen LogP contribution in [0.3, 0.4) is 0 Å². The van der Waals surface area contributed by atoms with Crippen molar-refractivity contribution in [1.29, 1.82) is 0 Å². The number of aryl methyl sites for hydroxylation is 1. The molecule has 2 N–H and O–H groups in total. The minimum absolute atomic E-state index is 0.211. The predicted octanol–water partition coefficient (Wildman–Crippen LogP) is 7.26. The third kappa shape index (κ3) is 5.58. The zero-order valence-corrected chi connectivity index (χ0v) is 25.0. The molecule has 1 aliphatic heterocycles. The molecule has 11 heteroatoms. The summed E-state index contributed by atoms with van der Waals surface area (Å²) >= 11 is 13.7. The Labute approximate surface area is 261 Å². The van der Waals surface area contributed by atoms with Crippen LogP contribution in [0.15, 0.2) is 108 Å². The van der Waals surface area contributed by atoms with E-state index in [2.05, 4.69) is 15.1 Å². The molecule has 0 spiro atoms. The second-order valence-electron chi connectivity index (χ2n) is 10.6. The monoisotopic (exact) mass is 636 g/mol. The topological polar surface area (TPSA) is 67.8 Å². The van der Waals surface area contributed by atoms with Crippen LogP contribution in [0.25, 0.3) is 10.9 Å². The number of benzene rings is 2. The number of aliphatic hydroxyl groups is 1. The number of alkyl halides is 3. The Hall–Kier alpha value is -4.18. The van der Waals surface area contributed by atoms with Crippen molar-refractivity contribution in [3.05, 3.63) is 135 Å². The van der Waals surface area contributed by atoms with Gasteiger partial charge in [0.25, 0.3) is 5.15 Å². The average Bonchev–Trinajstić information content (AvgIpc) is 3.67. The fourth-order valence-electron chi connectivity index (χ4n) is 5.46. The molecule has 3 heterocycles. The number of anilines is 1. The molecule has 0 bridgehead atoms. The van der Waals surface area contributed by atoms with Crippen molar-refractivity contribution in [2.75, 3.05) is 11.6 Å². The van der Waals surface area contributed by atoms with Gasteiger partial charge in [-0.15, -0.1) is 0 Å². The lowest BCUT2D eigenvalue weighted by atomic mass is 9.81. The summed E-state index contributed by atoms with van der Waals surface area (Å²) in [5.41, 5.74) is 1.51. The molecule has 2 aromatic heterocycles. The molecule has 1 unspecified atom stereocenters. The van der Waals surface area contributed by atoms with Gasteiger partial charge in [-0.25, -0.2) is 4.98 Å². The molecule has 224 valence electrons. The number of hydrogen-bond donors (Lipinski definition) is 1. The highest BCUT2D eigenvalue weighted by Gasteiger charge is 2.39. The maximum absolute atomic E-state index is 13.6. The van der Waals surface area contributed by atoms with E-state index in [1.54, 1.807) is 35.9 Å². The Balaban J connectivity index is 1.44. The number of rotatable bonds is 6. The van der Waals surface area contributed by atoms with Crippen molar-refractivity contribution in [1.82, 2.24) is 9.55 Å². The minimum Gasteiger partial charge on any atom is -0.374 e. The van der Waals surface area contributed by atoms with Crippen LogP contribution in [0.4, 0.5) is 18.9 Å². The van der Waals surface area contributed by atoms with Crippen molar-refractivity contribution in [3.63, 3.8) is 0 Å². The first-order valence-corrected chi connectivity index (χ1v) is 14.6. The Bertz CT molecular complexity index is 1890. The van der Waals surface area contributed by atoms with Gasteiger partial charge in [0.1, 0.15) is 0 Å². The van der Waals surface area contributed by atoms with Crippen LogP contribution in [-0.2, 0) is 19.1 Å². The molecule has 44 heavy (non-hydrogen) atoms. The summed E-state index contributed by atoms with van der Waals surface area (Å²) in [7, 11) is 1.71. The van der Waals surface area contributed by atoms with Crippen molar-refractivity contribution in [2.45, 2.75) is 24.6 Å². The van der Waals surface area contributed by atoms with Crippen molar-refractivity contribution < 1.29 is 23.3 Å². The molecule has 0 saturated carbocycles. The fraction of sp³-hybridized carbons (Fsp3) is 0.182. The highest BCUT2D eigenvalue weighted by Crippen LogP contribution is 2.41. The van der Waals surface area contributed by atoms with E-state index < -0.39 is 17.4 Å². The predicted molar refractivity (Wildman–Crippen MR) is 167 cm³/mol. The third-order valence-electron chi connectivity index (χ3n) is 7.79.